The predicted molar refractivity (Wildman–Crippen MR) is 129 cm³/mol. The number of anilines is 1. The van der Waals surface area contributed by atoms with Crippen LogP contribution in [0, 0.1) is 6.92 Å². The maximum absolute atomic E-state index is 6.05. The molecule has 0 saturated heterocycles. The summed E-state index contributed by atoms with van der Waals surface area (Å²) in [5.41, 5.74) is 3.16. The third-order valence-electron chi connectivity index (χ3n) is 4.95. The number of aromatic nitrogens is 2. The summed E-state index contributed by atoms with van der Waals surface area (Å²) in [6.07, 6.45) is 4.64. The molecule has 0 unspecified atom stereocenters. The van der Waals surface area contributed by atoms with E-state index in [2.05, 4.69) is 21.8 Å². The van der Waals surface area contributed by atoms with Crippen molar-refractivity contribution in [1.82, 2.24) is 14.9 Å². The van der Waals surface area contributed by atoms with Crippen LogP contribution in [0.1, 0.15) is 17.7 Å². The van der Waals surface area contributed by atoms with E-state index < -0.39 is 0 Å². The van der Waals surface area contributed by atoms with Crippen molar-refractivity contribution in [3.05, 3.63) is 71.3 Å². The van der Waals surface area contributed by atoms with Crippen LogP contribution in [0.25, 0.3) is 0 Å². The monoisotopic (exact) mass is 458 g/mol. The molecule has 0 aliphatic rings. The molecule has 1 N–H and O–H groups in total. The topological polar surface area (TPSA) is 51.5 Å². The molecule has 0 aliphatic heterocycles. The van der Waals surface area contributed by atoms with E-state index in [1.807, 2.05) is 59.9 Å². The number of benzene rings is 2. The Morgan fingerprint density at radius 3 is 2.52 bits per heavy atom. The van der Waals surface area contributed by atoms with Crippen LogP contribution in [0.2, 0.25) is 5.02 Å². The highest BCUT2D eigenvalue weighted by Gasteiger charge is 2.16. The SMILES string of the molecule is COc1ccc(N(Cc2ccc(Cl)cc2)C(=S)NCCCn2cncc2C)cc1OC. The lowest BCUT2D eigenvalue weighted by atomic mass is 10.2. The van der Waals surface area contributed by atoms with E-state index in [1.54, 1.807) is 14.2 Å². The summed E-state index contributed by atoms with van der Waals surface area (Å²) in [6, 6.07) is 13.5. The fourth-order valence-electron chi connectivity index (χ4n) is 3.21. The molecular weight excluding hydrogens is 432 g/mol. The largest absolute Gasteiger partial charge is 0.493 e. The summed E-state index contributed by atoms with van der Waals surface area (Å²) in [5, 5.41) is 4.73. The van der Waals surface area contributed by atoms with Gasteiger partial charge in [0.2, 0.25) is 0 Å². The average Bonchev–Trinajstić information content (AvgIpc) is 3.20. The lowest BCUT2D eigenvalue weighted by Gasteiger charge is -2.27. The number of imidazole rings is 1. The fraction of sp³-hybridized carbons (Fsp3) is 0.304. The predicted octanol–water partition coefficient (Wildman–Crippen LogP) is 4.83. The first-order valence-electron chi connectivity index (χ1n) is 10.0. The molecule has 164 valence electrons. The Morgan fingerprint density at radius 2 is 1.87 bits per heavy atom. The van der Waals surface area contributed by atoms with Gasteiger partial charge in [0.15, 0.2) is 16.6 Å². The van der Waals surface area contributed by atoms with Gasteiger partial charge in [-0.2, -0.15) is 0 Å². The van der Waals surface area contributed by atoms with Gasteiger partial charge in [-0.1, -0.05) is 23.7 Å². The van der Waals surface area contributed by atoms with E-state index in [0.29, 0.717) is 28.2 Å². The van der Waals surface area contributed by atoms with Crippen molar-refractivity contribution in [2.24, 2.45) is 0 Å². The first-order valence-corrected chi connectivity index (χ1v) is 10.8. The number of nitrogens with zero attached hydrogens (tertiary/aromatic N) is 3. The third kappa shape index (κ3) is 6.12. The summed E-state index contributed by atoms with van der Waals surface area (Å²) < 4.78 is 13.0. The van der Waals surface area contributed by atoms with Crippen molar-refractivity contribution in [2.75, 3.05) is 25.7 Å². The molecule has 0 saturated carbocycles. The molecule has 2 aromatic carbocycles. The van der Waals surface area contributed by atoms with Gasteiger partial charge in [-0.3, -0.25) is 0 Å². The molecule has 0 radical (unpaired) electrons. The van der Waals surface area contributed by atoms with Crippen LogP contribution in [0.4, 0.5) is 5.69 Å². The summed E-state index contributed by atoms with van der Waals surface area (Å²) in [6.45, 7) is 4.28. The molecule has 0 atom stereocenters. The van der Waals surface area contributed by atoms with E-state index in [0.717, 1.165) is 36.5 Å². The first kappa shape index (κ1) is 22.9. The number of hydrogen-bond acceptors (Lipinski definition) is 4. The zero-order chi connectivity index (χ0) is 22.2. The summed E-state index contributed by atoms with van der Waals surface area (Å²) in [7, 11) is 3.25. The second kappa shape index (κ2) is 11.0. The van der Waals surface area contributed by atoms with Gasteiger partial charge in [0.25, 0.3) is 0 Å². The maximum atomic E-state index is 6.05. The quantitative estimate of drug-likeness (QED) is 0.366. The Balaban J connectivity index is 1.73. The normalized spacial score (nSPS) is 10.6. The molecule has 3 aromatic rings. The molecule has 31 heavy (non-hydrogen) atoms. The van der Waals surface area contributed by atoms with E-state index in [4.69, 9.17) is 33.3 Å². The highest BCUT2D eigenvalue weighted by atomic mass is 35.5. The van der Waals surface area contributed by atoms with Crippen molar-refractivity contribution in [2.45, 2.75) is 26.4 Å². The van der Waals surface area contributed by atoms with Crippen LogP contribution in [0.5, 0.6) is 11.5 Å². The lowest BCUT2D eigenvalue weighted by molar-refractivity contribution is 0.355. The Hall–Kier alpha value is -2.77. The number of hydrogen-bond donors (Lipinski definition) is 1. The maximum Gasteiger partial charge on any atom is 0.173 e. The van der Waals surface area contributed by atoms with Gasteiger partial charge in [0.1, 0.15) is 0 Å². The van der Waals surface area contributed by atoms with Gasteiger partial charge >= 0.3 is 0 Å². The van der Waals surface area contributed by atoms with Crippen molar-refractivity contribution in [1.29, 1.82) is 0 Å². The summed E-state index contributed by atoms with van der Waals surface area (Å²) in [4.78, 5) is 6.21. The number of thiocarbonyl (C=S) groups is 1. The second-order valence-electron chi connectivity index (χ2n) is 7.07. The molecule has 1 aromatic heterocycles. The van der Waals surface area contributed by atoms with Gasteiger partial charge in [0.05, 0.1) is 27.1 Å². The highest BCUT2D eigenvalue weighted by Crippen LogP contribution is 2.32. The summed E-state index contributed by atoms with van der Waals surface area (Å²) in [5.74, 6) is 1.33. The standard InChI is InChI=1S/C23H27ClN4O2S/c1-17-14-25-16-27(17)12-4-11-26-23(31)28(15-18-5-7-19(24)8-6-18)20-9-10-21(29-2)22(13-20)30-3/h5-10,13-14,16H,4,11-12,15H2,1-3H3,(H,26,31). The smallest absolute Gasteiger partial charge is 0.173 e. The van der Waals surface area contributed by atoms with Crippen molar-refractivity contribution >= 4 is 34.6 Å². The molecule has 0 fully saturated rings. The van der Waals surface area contributed by atoms with E-state index in [-0.39, 0.29) is 0 Å². The van der Waals surface area contributed by atoms with Gasteiger partial charge in [0, 0.05) is 41.8 Å². The number of aryl methyl sites for hydroxylation is 2. The van der Waals surface area contributed by atoms with Gasteiger partial charge < -0.3 is 24.3 Å². The van der Waals surface area contributed by atoms with Gasteiger partial charge in [-0.15, -0.1) is 0 Å². The molecule has 0 aliphatic carbocycles. The van der Waals surface area contributed by atoms with Crippen molar-refractivity contribution in [3.8, 4) is 11.5 Å². The second-order valence-corrected chi connectivity index (χ2v) is 7.89. The number of halogens is 1. The van der Waals surface area contributed by atoms with Crippen LogP contribution in [0.15, 0.2) is 55.0 Å². The van der Waals surface area contributed by atoms with Crippen LogP contribution in [0.3, 0.4) is 0 Å². The number of ether oxygens (including phenoxy) is 2. The Bertz CT molecular complexity index is 1010. The fourth-order valence-corrected chi connectivity index (χ4v) is 3.60. The molecule has 3 rings (SSSR count). The van der Waals surface area contributed by atoms with E-state index >= 15 is 0 Å². The van der Waals surface area contributed by atoms with Gasteiger partial charge in [-0.05, 0) is 55.4 Å². The Kier molecular flexibility index (Phi) is 8.14. The highest BCUT2D eigenvalue weighted by molar-refractivity contribution is 7.80. The number of rotatable bonds is 9. The average molecular weight is 459 g/mol. The van der Waals surface area contributed by atoms with Crippen molar-refractivity contribution in [3.63, 3.8) is 0 Å². The molecule has 1 heterocycles. The van der Waals surface area contributed by atoms with Crippen molar-refractivity contribution < 1.29 is 9.47 Å². The number of methoxy groups -OCH3 is 2. The van der Waals surface area contributed by atoms with Crippen LogP contribution < -0.4 is 19.7 Å². The zero-order valence-electron chi connectivity index (χ0n) is 18.0. The van der Waals surface area contributed by atoms with Crippen LogP contribution >= 0.6 is 23.8 Å². The summed E-state index contributed by atoms with van der Waals surface area (Å²) >= 11 is 11.8. The molecular formula is C23H27ClN4O2S. The zero-order valence-corrected chi connectivity index (χ0v) is 19.5. The van der Waals surface area contributed by atoms with Crippen LogP contribution in [-0.4, -0.2) is 35.4 Å². The minimum Gasteiger partial charge on any atom is -0.493 e. The minimum atomic E-state index is 0.596. The Morgan fingerprint density at radius 1 is 1.13 bits per heavy atom. The minimum absolute atomic E-state index is 0.596. The third-order valence-corrected chi connectivity index (χ3v) is 5.57. The van der Waals surface area contributed by atoms with Crippen LogP contribution in [-0.2, 0) is 13.1 Å². The molecule has 0 bridgehead atoms. The molecule has 8 heteroatoms. The molecule has 0 spiro atoms. The molecule has 0 amide bonds. The van der Waals surface area contributed by atoms with Gasteiger partial charge in [-0.25, -0.2) is 4.98 Å². The lowest BCUT2D eigenvalue weighted by Crippen LogP contribution is -2.40. The van der Waals surface area contributed by atoms with E-state index in [1.165, 1.54) is 0 Å². The first-order chi connectivity index (χ1) is 15.0. The number of nitrogens with one attached hydrogen (secondary N) is 1. The van der Waals surface area contributed by atoms with E-state index in [9.17, 15) is 0 Å². The Labute approximate surface area is 193 Å². The molecule has 6 nitrogen and oxygen atoms in total.